The molecule has 0 fully saturated rings. The van der Waals surface area contributed by atoms with Gasteiger partial charge in [-0.1, -0.05) is 6.92 Å². The largest absolute Gasteiger partial charge is 0.358 e. The van der Waals surface area contributed by atoms with Crippen molar-refractivity contribution in [2.45, 2.75) is 19.8 Å². The Morgan fingerprint density at radius 2 is 2.15 bits per heavy atom. The summed E-state index contributed by atoms with van der Waals surface area (Å²) >= 11 is 0. The van der Waals surface area contributed by atoms with Crippen molar-refractivity contribution >= 4 is 5.91 Å². The van der Waals surface area contributed by atoms with Crippen LogP contribution in [0, 0.1) is 0 Å². The SMILES string of the molecule is CCN(CCCCN)CC(=O)NC. The quantitative estimate of drug-likeness (QED) is 0.542. The summed E-state index contributed by atoms with van der Waals surface area (Å²) in [4.78, 5) is 13.2. The molecule has 0 saturated heterocycles. The zero-order valence-electron chi connectivity index (χ0n) is 8.68. The van der Waals surface area contributed by atoms with Crippen molar-refractivity contribution < 1.29 is 4.79 Å². The van der Waals surface area contributed by atoms with Crippen molar-refractivity contribution in [2.24, 2.45) is 5.73 Å². The summed E-state index contributed by atoms with van der Waals surface area (Å²) < 4.78 is 0. The maximum Gasteiger partial charge on any atom is 0.233 e. The Balaban J connectivity index is 3.56. The second-order valence-corrected chi connectivity index (χ2v) is 3.04. The molecule has 0 heterocycles. The van der Waals surface area contributed by atoms with Gasteiger partial charge >= 0.3 is 0 Å². The number of hydrogen-bond acceptors (Lipinski definition) is 3. The summed E-state index contributed by atoms with van der Waals surface area (Å²) in [6, 6.07) is 0. The average molecular weight is 187 g/mol. The molecule has 78 valence electrons. The zero-order valence-corrected chi connectivity index (χ0v) is 8.68. The van der Waals surface area contributed by atoms with Gasteiger partial charge < -0.3 is 11.1 Å². The average Bonchev–Trinajstić information content (AvgIpc) is 2.16. The molecule has 0 aliphatic heterocycles. The number of likely N-dealkylation sites (N-methyl/N-ethyl adjacent to an activating group) is 2. The fourth-order valence-electron chi connectivity index (χ4n) is 1.11. The van der Waals surface area contributed by atoms with Crippen LogP contribution in [0.1, 0.15) is 19.8 Å². The van der Waals surface area contributed by atoms with Crippen LogP contribution in [-0.4, -0.2) is 44.0 Å². The topological polar surface area (TPSA) is 58.4 Å². The Morgan fingerprint density at radius 1 is 1.46 bits per heavy atom. The second kappa shape index (κ2) is 8.01. The van der Waals surface area contributed by atoms with E-state index < -0.39 is 0 Å². The van der Waals surface area contributed by atoms with Crippen molar-refractivity contribution in [2.75, 3.05) is 33.2 Å². The van der Waals surface area contributed by atoms with Gasteiger partial charge in [0.2, 0.25) is 5.91 Å². The van der Waals surface area contributed by atoms with Crippen LogP contribution in [0.2, 0.25) is 0 Å². The monoisotopic (exact) mass is 187 g/mol. The van der Waals surface area contributed by atoms with Gasteiger partial charge in [0, 0.05) is 7.05 Å². The third kappa shape index (κ3) is 6.54. The van der Waals surface area contributed by atoms with E-state index in [0.29, 0.717) is 6.54 Å². The molecule has 0 spiro atoms. The summed E-state index contributed by atoms with van der Waals surface area (Å²) in [6.45, 7) is 5.17. The van der Waals surface area contributed by atoms with Gasteiger partial charge in [-0.05, 0) is 32.5 Å². The van der Waals surface area contributed by atoms with E-state index in [-0.39, 0.29) is 5.91 Å². The van der Waals surface area contributed by atoms with Gasteiger partial charge in [-0.2, -0.15) is 0 Å². The lowest BCUT2D eigenvalue weighted by Crippen LogP contribution is -2.36. The first-order chi connectivity index (χ1) is 6.24. The Bertz CT molecular complexity index is 139. The van der Waals surface area contributed by atoms with Crippen molar-refractivity contribution in [1.29, 1.82) is 0 Å². The van der Waals surface area contributed by atoms with Gasteiger partial charge in [-0.25, -0.2) is 0 Å². The molecule has 0 radical (unpaired) electrons. The Morgan fingerprint density at radius 3 is 2.62 bits per heavy atom. The first kappa shape index (κ1) is 12.4. The molecule has 0 aromatic carbocycles. The molecule has 4 heteroatoms. The van der Waals surface area contributed by atoms with Gasteiger partial charge in [0.15, 0.2) is 0 Å². The first-order valence-corrected chi connectivity index (χ1v) is 4.87. The Labute approximate surface area is 80.5 Å². The summed E-state index contributed by atoms with van der Waals surface area (Å²) in [7, 11) is 1.66. The lowest BCUT2D eigenvalue weighted by molar-refractivity contribution is -0.121. The third-order valence-corrected chi connectivity index (χ3v) is 2.02. The number of unbranched alkanes of at least 4 members (excludes halogenated alkanes) is 1. The van der Waals surface area contributed by atoms with Crippen LogP contribution in [0.15, 0.2) is 0 Å². The molecule has 0 saturated carbocycles. The molecule has 0 bridgehead atoms. The number of nitrogens with zero attached hydrogens (tertiary/aromatic N) is 1. The van der Waals surface area contributed by atoms with Crippen LogP contribution in [0.4, 0.5) is 0 Å². The van der Waals surface area contributed by atoms with Gasteiger partial charge in [-0.15, -0.1) is 0 Å². The highest BCUT2D eigenvalue weighted by Gasteiger charge is 2.05. The fraction of sp³-hybridized carbons (Fsp3) is 0.889. The maximum absolute atomic E-state index is 11.0. The predicted molar refractivity (Wildman–Crippen MR) is 54.5 cm³/mol. The van der Waals surface area contributed by atoms with E-state index in [4.69, 9.17) is 5.73 Å². The zero-order chi connectivity index (χ0) is 10.1. The Kier molecular flexibility index (Phi) is 7.63. The molecule has 0 unspecified atom stereocenters. The highest BCUT2D eigenvalue weighted by Crippen LogP contribution is 1.93. The molecule has 0 aromatic rings. The van der Waals surface area contributed by atoms with Gasteiger partial charge in [0.25, 0.3) is 0 Å². The van der Waals surface area contributed by atoms with Crippen molar-refractivity contribution in [3.63, 3.8) is 0 Å². The number of carbonyl (C=O) groups is 1. The highest BCUT2D eigenvalue weighted by molar-refractivity contribution is 5.77. The van der Waals surface area contributed by atoms with E-state index >= 15 is 0 Å². The predicted octanol–water partition coefficient (Wildman–Crippen LogP) is -0.207. The normalized spacial score (nSPS) is 10.5. The molecule has 0 atom stereocenters. The minimum absolute atomic E-state index is 0.0783. The molecule has 13 heavy (non-hydrogen) atoms. The molecule has 0 aliphatic carbocycles. The summed E-state index contributed by atoms with van der Waals surface area (Å²) in [6.07, 6.45) is 2.10. The van der Waals surface area contributed by atoms with Crippen LogP contribution in [0.25, 0.3) is 0 Å². The van der Waals surface area contributed by atoms with Crippen LogP contribution in [0.3, 0.4) is 0 Å². The molecular weight excluding hydrogens is 166 g/mol. The number of hydrogen-bond donors (Lipinski definition) is 2. The van der Waals surface area contributed by atoms with E-state index in [1.54, 1.807) is 7.05 Å². The lowest BCUT2D eigenvalue weighted by Gasteiger charge is -2.18. The summed E-state index contributed by atoms with van der Waals surface area (Å²) in [5, 5.41) is 2.61. The number of amides is 1. The van der Waals surface area contributed by atoms with Crippen LogP contribution in [-0.2, 0) is 4.79 Å². The number of rotatable bonds is 7. The van der Waals surface area contributed by atoms with Crippen LogP contribution >= 0.6 is 0 Å². The first-order valence-electron chi connectivity index (χ1n) is 4.87. The number of nitrogens with two attached hydrogens (primary N) is 1. The van der Waals surface area contributed by atoms with Crippen molar-refractivity contribution in [3.05, 3.63) is 0 Å². The molecule has 1 amide bonds. The summed E-state index contributed by atoms with van der Waals surface area (Å²) in [5.74, 6) is 0.0783. The minimum Gasteiger partial charge on any atom is -0.358 e. The molecule has 0 aliphatic rings. The standard InChI is InChI=1S/C9H21N3O/c1-3-12(7-5-4-6-10)8-9(13)11-2/h3-8,10H2,1-2H3,(H,11,13). The molecule has 3 N–H and O–H groups in total. The van der Waals surface area contributed by atoms with E-state index in [9.17, 15) is 4.79 Å². The second-order valence-electron chi connectivity index (χ2n) is 3.04. The van der Waals surface area contributed by atoms with E-state index in [1.165, 1.54) is 0 Å². The fourth-order valence-corrected chi connectivity index (χ4v) is 1.11. The van der Waals surface area contributed by atoms with E-state index in [0.717, 1.165) is 32.5 Å². The number of nitrogens with one attached hydrogen (secondary N) is 1. The van der Waals surface area contributed by atoms with Gasteiger partial charge in [-0.3, -0.25) is 9.69 Å². The third-order valence-electron chi connectivity index (χ3n) is 2.02. The highest BCUT2D eigenvalue weighted by atomic mass is 16.1. The molecule has 0 rings (SSSR count). The lowest BCUT2D eigenvalue weighted by atomic mass is 10.3. The van der Waals surface area contributed by atoms with Gasteiger partial charge in [0.05, 0.1) is 6.54 Å². The number of carbonyl (C=O) groups excluding carboxylic acids is 1. The molecule has 4 nitrogen and oxygen atoms in total. The van der Waals surface area contributed by atoms with Gasteiger partial charge in [0.1, 0.15) is 0 Å². The van der Waals surface area contributed by atoms with Crippen LogP contribution in [0.5, 0.6) is 0 Å². The molecular formula is C9H21N3O. The van der Waals surface area contributed by atoms with Crippen molar-refractivity contribution in [3.8, 4) is 0 Å². The minimum atomic E-state index is 0.0783. The van der Waals surface area contributed by atoms with E-state index in [1.807, 2.05) is 0 Å². The Hall–Kier alpha value is -0.610. The van der Waals surface area contributed by atoms with Crippen molar-refractivity contribution in [1.82, 2.24) is 10.2 Å². The summed E-state index contributed by atoms with van der Waals surface area (Å²) in [5.41, 5.74) is 5.39. The van der Waals surface area contributed by atoms with Crippen LogP contribution < -0.4 is 11.1 Å². The smallest absolute Gasteiger partial charge is 0.233 e. The molecule has 0 aromatic heterocycles. The maximum atomic E-state index is 11.0. The van der Waals surface area contributed by atoms with E-state index in [2.05, 4.69) is 17.1 Å².